The molecule has 0 amide bonds. The lowest BCUT2D eigenvalue weighted by atomic mass is 10.2. The fourth-order valence-electron chi connectivity index (χ4n) is 2.76. The van der Waals surface area contributed by atoms with Gasteiger partial charge in [-0.1, -0.05) is 0 Å². The van der Waals surface area contributed by atoms with Crippen LogP contribution in [0, 0.1) is 10.1 Å². The smallest absolute Gasteiger partial charge is 0.329 e. The molecule has 2 N–H and O–H groups in total. The molecule has 0 fully saturated rings. The van der Waals surface area contributed by atoms with Crippen molar-refractivity contribution in [1.29, 1.82) is 0 Å². The minimum atomic E-state index is -0.566. The third kappa shape index (κ3) is 4.83. The molecule has 0 saturated heterocycles. The monoisotopic (exact) mass is 427 g/mol. The highest BCUT2D eigenvalue weighted by atomic mass is 16.6. The van der Waals surface area contributed by atoms with Gasteiger partial charge in [0.05, 0.1) is 33.4 Å². The van der Waals surface area contributed by atoms with Gasteiger partial charge in [-0.25, -0.2) is 4.98 Å². The zero-order valence-electron chi connectivity index (χ0n) is 17.3. The number of nitrogens with one attached hydrogen (secondary N) is 2. The Morgan fingerprint density at radius 1 is 0.806 bits per heavy atom. The molecule has 0 saturated carbocycles. The molecule has 2 aromatic carbocycles. The first-order chi connectivity index (χ1) is 15.0. The number of hydrogen-bond acceptors (Lipinski definition) is 10. The number of hydrogen-bond donors (Lipinski definition) is 2. The third-order valence-electron chi connectivity index (χ3n) is 4.25. The molecule has 0 spiro atoms. The van der Waals surface area contributed by atoms with Crippen LogP contribution in [-0.4, -0.2) is 43.3 Å². The zero-order chi connectivity index (χ0) is 22.4. The van der Waals surface area contributed by atoms with E-state index in [1.807, 2.05) is 0 Å². The number of nitrogens with zero attached hydrogens (tertiary/aromatic N) is 3. The van der Waals surface area contributed by atoms with Crippen molar-refractivity contribution in [2.75, 3.05) is 39.1 Å². The lowest BCUT2D eigenvalue weighted by Crippen LogP contribution is -2.05. The molecule has 162 valence electrons. The summed E-state index contributed by atoms with van der Waals surface area (Å²) in [5, 5.41) is 17.4. The van der Waals surface area contributed by atoms with Crippen molar-refractivity contribution >= 4 is 28.8 Å². The molecule has 0 aliphatic rings. The van der Waals surface area contributed by atoms with E-state index in [0.717, 1.165) is 6.20 Å². The Kier molecular flexibility index (Phi) is 6.55. The fraction of sp³-hybridized carbons (Fsp3) is 0.200. The van der Waals surface area contributed by atoms with Gasteiger partial charge in [-0.05, 0) is 24.3 Å². The topological polar surface area (TPSA) is 130 Å². The molecule has 0 radical (unpaired) electrons. The first-order valence-electron chi connectivity index (χ1n) is 8.98. The van der Waals surface area contributed by atoms with E-state index in [2.05, 4.69) is 20.6 Å². The standard InChI is InChI=1S/C20H21N5O6/c1-28-15-7-5-12(9-17(15)30-3)22-19-14(25(26)27)11-21-20(24-19)23-13-6-8-16(29-2)18(10-13)31-4/h5-11H,1-4H3,(H2,21,22,23,24). The third-order valence-corrected chi connectivity index (χ3v) is 4.25. The second-order valence-corrected chi connectivity index (χ2v) is 6.07. The van der Waals surface area contributed by atoms with Crippen LogP contribution in [0.25, 0.3) is 0 Å². The van der Waals surface area contributed by atoms with Crippen LogP contribution in [0.3, 0.4) is 0 Å². The number of ether oxygens (including phenoxy) is 4. The van der Waals surface area contributed by atoms with Gasteiger partial charge in [0.25, 0.3) is 0 Å². The van der Waals surface area contributed by atoms with E-state index in [9.17, 15) is 10.1 Å². The first-order valence-corrected chi connectivity index (χ1v) is 8.98. The van der Waals surface area contributed by atoms with Gasteiger partial charge in [0.1, 0.15) is 6.20 Å². The summed E-state index contributed by atoms with van der Waals surface area (Å²) in [6, 6.07) is 10.2. The highest BCUT2D eigenvalue weighted by Gasteiger charge is 2.19. The SMILES string of the molecule is COc1ccc(Nc2ncc([N+](=O)[O-])c(Nc3ccc(OC)c(OC)c3)n2)cc1OC. The molecule has 3 aromatic rings. The van der Waals surface area contributed by atoms with Gasteiger partial charge in [-0.2, -0.15) is 4.98 Å². The fourth-order valence-corrected chi connectivity index (χ4v) is 2.76. The molecular formula is C20H21N5O6. The van der Waals surface area contributed by atoms with Crippen LogP contribution in [0.4, 0.5) is 28.8 Å². The van der Waals surface area contributed by atoms with Crippen molar-refractivity contribution in [2.45, 2.75) is 0 Å². The van der Waals surface area contributed by atoms with Crippen LogP contribution >= 0.6 is 0 Å². The molecule has 3 rings (SSSR count). The summed E-state index contributed by atoms with van der Waals surface area (Å²) < 4.78 is 21.0. The van der Waals surface area contributed by atoms with Gasteiger partial charge in [-0.15, -0.1) is 0 Å². The summed E-state index contributed by atoms with van der Waals surface area (Å²) >= 11 is 0. The molecule has 1 heterocycles. The van der Waals surface area contributed by atoms with Gasteiger partial charge in [-0.3, -0.25) is 10.1 Å². The molecule has 31 heavy (non-hydrogen) atoms. The molecular weight excluding hydrogens is 406 g/mol. The minimum Gasteiger partial charge on any atom is -0.493 e. The summed E-state index contributed by atoms with van der Waals surface area (Å²) in [4.78, 5) is 19.2. The van der Waals surface area contributed by atoms with E-state index < -0.39 is 4.92 Å². The second-order valence-electron chi connectivity index (χ2n) is 6.07. The van der Waals surface area contributed by atoms with Crippen LogP contribution in [0.15, 0.2) is 42.6 Å². The number of nitro groups is 1. The molecule has 0 aliphatic carbocycles. The van der Waals surface area contributed by atoms with E-state index in [-0.39, 0.29) is 17.5 Å². The quantitative estimate of drug-likeness (QED) is 0.383. The van der Waals surface area contributed by atoms with E-state index in [0.29, 0.717) is 34.4 Å². The van der Waals surface area contributed by atoms with Crippen molar-refractivity contribution in [1.82, 2.24) is 9.97 Å². The average molecular weight is 427 g/mol. The molecule has 1 aromatic heterocycles. The number of benzene rings is 2. The number of methoxy groups -OCH3 is 4. The van der Waals surface area contributed by atoms with Crippen molar-refractivity contribution < 1.29 is 23.9 Å². The van der Waals surface area contributed by atoms with Gasteiger partial charge in [0.2, 0.25) is 11.8 Å². The molecule has 0 bridgehead atoms. The average Bonchev–Trinajstić information content (AvgIpc) is 2.78. The van der Waals surface area contributed by atoms with Crippen molar-refractivity contribution in [3.05, 3.63) is 52.7 Å². The van der Waals surface area contributed by atoms with Gasteiger partial charge in [0, 0.05) is 23.5 Å². The number of aromatic nitrogens is 2. The predicted octanol–water partition coefficient (Wildman–Crippen LogP) is 3.91. The summed E-state index contributed by atoms with van der Waals surface area (Å²) in [5.41, 5.74) is 0.854. The van der Waals surface area contributed by atoms with Crippen LogP contribution in [0.5, 0.6) is 23.0 Å². The minimum absolute atomic E-state index is 0.00944. The van der Waals surface area contributed by atoms with E-state index in [4.69, 9.17) is 18.9 Å². The van der Waals surface area contributed by atoms with Crippen molar-refractivity contribution in [3.63, 3.8) is 0 Å². The lowest BCUT2D eigenvalue weighted by Gasteiger charge is -2.13. The summed E-state index contributed by atoms with van der Waals surface area (Å²) in [5.74, 6) is 2.23. The van der Waals surface area contributed by atoms with Crippen molar-refractivity contribution in [2.24, 2.45) is 0 Å². The number of rotatable bonds is 9. The Morgan fingerprint density at radius 2 is 1.32 bits per heavy atom. The van der Waals surface area contributed by atoms with E-state index in [1.165, 1.54) is 28.4 Å². The Labute approximate surface area is 178 Å². The van der Waals surface area contributed by atoms with E-state index >= 15 is 0 Å². The molecule has 0 unspecified atom stereocenters. The van der Waals surface area contributed by atoms with E-state index in [1.54, 1.807) is 36.4 Å². The Morgan fingerprint density at radius 3 is 1.81 bits per heavy atom. The summed E-state index contributed by atoms with van der Waals surface area (Å²) in [7, 11) is 6.08. The Balaban J connectivity index is 1.92. The zero-order valence-corrected chi connectivity index (χ0v) is 17.3. The number of anilines is 4. The highest BCUT2D eigenvalue weighted by Crippen LogP contribution is 2.34. The first kappa shape index (κ1) is 21.4. The van der Waals surface area contributed by atoms with Crippen LogP contribution in [0.2, 0.25) is 0 Å². The molecule has 0 atom stereocenters. The van der Waals surface area contributed by atoms with Crippen LogP contribution in [0.1, 0.15) is 0 Å². The van der Waals surface area contributed by atoms with Gasteiger partial charge >= 0.3 is 5.69 Å². The Hall–Kier alpha value is -4.28. The predicted molar refractivity (Wildman–Crippen MR) is 114 cm³/mol. The highest BCUT2D eigenvalue weighted by molar-refractivity contribution is 5.69. The molecule has 11 heteroatoms. The molecule has 11 nitrogen and oxygen atoms in total. The normalized spacial score (nSPS) is 10.2. The van der Waals surface area contributed by atoms with Crippen molar-refractivity contribution in [3.8, 4) is 23.0 Å². The van der Waals surface area contributed by atoms with Gasteiger partial charge < -0.3 is 29.6 Å². The summed E-state index contributed by atoms with van der Waals surface area (Å²) in [6.07, 6.45) is 1.12. The van der Waals surface area contributed by atoms with Gasteiger partial charge in [0.15, 0.2) is 23.0 Å². The van der Waals surface area contributed by atoms with Crippen LogP contribution in [-0.2, 0) is 0 Å². The second kappa shape index (κ2) is 9.48. The lowest BCUT2D eigenvalue weighted by molar-refractivity contribution is -0.384. The maximum Gasteiger partial charge on any atom is 0.329 e. The molecule has 0 aliphatic heterocycles. The summed E-state index contributed by atoms with van der Waals surface area (Å²) in [6.45, 7) is 0. The maximum absolute atomic E-state index is 11.4. The largest absolute Gasteiger partial charge is 0.493 e. The Bertz CT molecular complexity index is 1090. The van der Waals surface area contributed by atoms with Crippen LogP contribution < -0.4 is 29.6 Å². The maximum atomic E-state index is 11.4.